The van der Waals surface area contributed by atoms with Crippen LogP contribution in [-0.2, 0) is 5.75 Å². The highest BCUT2D eigenvalue weighted by atomic mass is 32.2. The molecule has 3 aliphatic rings. The van der Waals surface area contributed by atoms with E-state index in [0.717, 1.165) is 33.9 Å². The lowest BCUT2D eigenvalue weighted by molar-refractivity contribution is 0.0667. The second kappa shape index (κ2) is 8.13. The largest absolute Gasteiger partial charge is 0.502 e. The number of hydrogen-bond acceptors (Lipinski definition) is 6. The molecular formula is C26H25N3O4S. The van der Waals surface area contributed by atoms with Gasteiger partial charge in [-0.05, 0) is 35.6 Å². The zero-order chi connectivity index (χ0) is 23.4. The topological polar surface area (TPSA) is 75.0 Å². The van der Waals surface area contributed by atoms with Crippen molar-refractivity contribution in [3.8, 4) is 11.5 Å². The van der Waals surface area contributed by atoms with E-state index in [2.05, 4.69) is 30.1 Å². The summed E-state index contributed by atoms with van der Waals surface area (Å²) in [7, 11) is 0. The van der Waals surface area contributed by atoms with Crippen LogP contribution < -0.4 is 15.2 Å². The molecule has 3 aliphatic heterocycles. The van der Waals surface area contributed by atoms with Crippen LogP contribution in [0.15, 0.2) is 64.4 Å². The molecule has 0 saturated heterocycles. The molecular weight excluding hydrogens is 450 g/mol. The summed E-state index contributed by atoms with van der Waals surface area (Å²) >= 11 is 1.78. The first-order valence-electron chi connectivity index (χ1n) is 11.5. The van der Waals surface area contributed by atoms with Crippen LogP contribution in [0, 0.1) is 5.92 Å². The molecule has 0 radical (unpaired) electrons. The van der Waals surface area contributed by atoms with E-state index >= 15 is 0 Å². The zero-order valence-corrected chi connectivity index (χ0v) is 19.6. The van der Waals surface area contributed by atoms with E-state index in [4.69, 9.17) is 4.74 Å². The second-order valence-corrected chi connectivity index (χ2v) is 10.2. The predicted molar refractivity (Wildman–Crippen MR) is 130 cm³/mol. The van der Waals surface area contributed by atoms with Gasteiger partial charge in [0.1, 0.15) is 18.5 Å². The van der Waals surface area contributed by atoms with Crippen molar-refractivity contribution in [3.05, 3.63) is 87.3 Å². The Kier molecular flexibility index (Phi) is 5.06. The van der Waals surface area contributed by atoms with Gasteiger partial charge < -0.3 is 14.7 Å². The Morgan fingerprint density at radius 2 is 1.94 bits per heavy atom. The molecule has 4 heterocycles. The molecule has 34 heavy (non-hydrogen) atoms. The molecule has 8 heteroatoms. The van der Waals surface area contributed by atoms with Crippen LogP contribution in [0.4, 0.5) is 0 Å². The third kappa shape index (κ3) is 3.27. The summed E-state index contributed by atoms with van der Waals surface area (Å²) < 4.78 is 8.07. The van der Waals surface area contributed by atoms with Gasteiger partial charge in [0.25, 0.3) is 5.91 Å². The fourth-order valence-electron chi connectivity index (χ4n) is 5.07. The fourth-order valence-corrected chi connectivity index (χ4v) is 6.15. The number of nitrogens with zero attached hydrogens (tertiary/aromatic N) is 3. The minimum absolute atomic E-state index is 0.0139. The molecule has 0 fully saturated rings. The SMILES string of the molecule is C[C@@H]1CCN2CN([C@@H]3c4ccccc4SCc4cccc(c43)OC1)n1ccc(=O)c(O)c1C2=O. The monoisotopic (exact) mass is 475 g/mol. The van der Waals surface area contributed by atoms with Gasteiger partial charge in [0.15, 0.2) is 11.4 Å². The van der Waals surface area contributed by atoms with Crippen molar-refractivity contribution < 1.29 is 14.6 Å². The molecule has 1 aromatic heterocycles. The average molecular weight is 476 g/mol. The number of carbonyl (C=O) groups is 1. The van der Waals surface area contributed by atoms with Crippen LogP contribution >= 0.6 is 11.8 Å². The van der Waals surface area contributed by atoms with Gasteiger partial charge in [0.05, 0.1) is 6.61 Å². The molecule has 1 amide bonds. The van der Waals surface area contributed by atoms with Crippen LogP contribution in [0.2, 0.25) is 0 Å². The van der Waals surface area contributed by atoms with Crippen LogP contribution in [0.1, 0.15) is 46.6 Å². The lowest BCUT2D eigenvalue weighted by atomic mass is 9.93. The smallest absolute Gasteiger partial charge is 0.277 e. The summed E-state index contributed by atoms with van der Waals surface area (Å²) in [4.78, 5) is 28.7. The lowest BCUT2D eigenvalue weighted by Gasteiger charge is -2.44. The van der Waals surface area contributed by atoms with E-state index in [9.17, 15) is 14.7 Å². The van der Waals surface area contributed by atoms with Crippen molar-refractivity contribution >= 4 is 17.7 Å². The highest BCUT2D eigenvalue weighted by Gasteiger charge is 2.40. The Hall–Kier alpha value is -3.39. The number of carbonyl (C=O) groups excluding carboxylic acids is 1. The summed E-state index contributed by atoms with van der Waals surface area (Å²) in [5.74, 6) is 1.03. The maximum absolute atomic E-state index is 13.4. The number of benzene rings is 2. The van der Waals surface area contributed by atoms with Gasteiger partial charge in [0.2, 0.25) is 5.43 Å². The van der Waals surface area contributed by atoms with E-state index in [-0.39, 0.29) is 23.6 Å². The average Bonchev–Trinajstić information content (AvgIpc) is 3.02. The van der Waals surface area contributed by atoms with Crippen LogP contribution in [0.25, 0.3) is 0 Å². The number of aromatic nitrogens is 1. The number of rotatable bonds is 0. The lowest BCUT2D eigenvalue weighted by Crippen LogP contribution is -2.55. The van der Waals surface area contributed by atoms with Crippen molar-refractivity contribution in [1.29, 1.82) is 0 Å². The maximum atomic E-state index is 13.4. The van der Waals surface area contributed by atoms with Crippen molar-refractivity contribution in [2.45, 2.75) is 30.0 Å². The van der Waals surface area contributed by atoms with Crippen molar-refractivity contribution in [2.24, 2.45) is 5.92 Å². The molecule has 7 nitrogen and oxygen atoms in total. The van der Waals surface area contributed by atoms with Crippen molar-refractivity contribution in [3.63, 3.8) is 0 Å². The van der Waals surface area contributed by atoms with E-state index in [0.29, 0.717) is 19.8 Å². The van der Waals surface area contributed by atoms with Crippen molar-refractivity contribution in [2.75, 3.05) is 24.8 Å². The Labute approximate surface area is 201 Å². The summed E-state index contributed by atoms with van der Waals surface area (Å²) in [6.07, 6.45) is 2.35. The number of aromatic hydroxyl groups is 1. The number of amides is 1. The number of ether oxygens (including phenoxy) is 1. The van der Waals surface area contributed by atoms with Crippen LogP contribution in [0.5, 0.6) is 11.5 Å². The van der Waals surface area contributed by atoms with E-state index in [1.165, 1.54) is 11.6 Å². The highest BCUT2D eigenvalue weighted by molar-refractivity contribution is 7.98. The molecule has 0 saturated carbocycles. The molecule has 6 rings (SSSR count). The summed E-state index contributed by atoms with van der Waals surface area (Å²) in [5.41, 5.74) is 2.80. The van der Waals surface area contributed by atoms with E-state index in [1.54, 1.807) is 27.5 Å². The number of thioether (sulfide) groups is 1. The molecule has 0 aliphatic carbocycles. The van der Waals surface area contributed by atoms with E-state index in [1.807, 2.05) is 24.3 Å². The Balaban J connectivity index is 1.67. The van der Waals surface area contributed by atoms with Crippen LogP contribution in [-0.4, -0.2) is 40.4 Å². The normalized spacial score (nSPS) is 21.4. The minimum Gasteiger partial charge on any atom is -0.502 e. The fraction of sp³-hybridized carbons (Fsp3) is 0.308. The van der Waals surface area contributed by atoms with Gasteiger partial charge in [-0.1, -0.05) is 37.3 Å². The van der Waals surface area contributed by atoms with Gasteiger partial charge in [0, 0.05) is 35.0 Å². The summed E-state index contributed by atoms with van der Waals surface area (Å²) in [5, 5.41) is 12.8. The van der Waals surface area contributed by atoms with Crippen molar-refractivity contribution in [1.82, 2.24) is 9.58 Å². The van der Waals surface area contributed by atoms with Gasteiger partial charge in [-0.2, -0.15) is 0 Å². The molecule has 2 atom stereocenters. The molecule has 0 spiro atoms. The Morgan fingerprint density at radius 1 is 1.09 bits per heavy atom. The van der Waals surface area contributed by atoms with E-state index < -0.39 is 11.2 Å². The van der Waals surface area contributed by atoms with Gasteiger partial charge >= 0.3 is 0 Å². The third-order valence-corrected chi connectivity index (χ3v) is 8.01. The van der Waals surface area contributed by atoms with Crippen LogP contribution in [0.3, 0.4) is 0 Å². The van der Waals surface area contributed by atoms with Gasteiger partial charge in [-0.3, -0.25) is 19.3 Å². The molecule has 0 unspecified atom stereocenters. The summed E-state index contributed by atoms with van der Waals surface area (Å²) in [6.45, 7) is 3.51. The summed E-state index contributed by atoms with van der Waals surface area (Å²) in [6, 6.07) is 15.5. The quantitative estimate of drug-likeness (QED) is 0.534. The third-order valence-electron chi connectivity index (χ3n) is 6.88. The molecule has 2 aromatic carbocycles. The minimum atomic E-state index is -0.555. The molecule has 174 valence electrons. The first-order valence-corrected chi connectivity index (χ1v) is 12.5. The zero-order valence-electron chi connectivity index (χ0n) is 18.8. The Bertz CT molecular complexity index is 1350. The number of pyridine rings is 1. The maximum Gasteiger partial charge on any atom is 0.277 e. The highest BCUT2D eigenvalue weighted by Crippen LogP contribution is 2.46. The Morgan fingerprint density at radius 3 is 2.82 bits per heavy atom. The number of fused-ring (bicyclic) bond motifs is 7. The van der Waals surface area contributed by atoms with Gasteiger partial charge in [-0.25, -0.2) is 0 Å². The predicted octanol–water partition coefficient (Wildman–Crippen LogP) is 3.72. The molecule has 1 N–H and O–H groups in total. The molecule has 2 bridgehead atoms. The second-order valence-electron chi connectivity index (χ2n) is 9.13. The number of hydrogen-bond donors (Lipinski definition) is 1. The standard InChI is InChI=1S/C26H25N3O4S/c1-16-9-11-27-15-29(28-12-10-19(30)25(31)24(28)26(27)32)23-18-6-2-3-8-21(18)34-14-17-5-4-7-20(22(17)23)33-13-16/h2-8,10,12,16,23,31H,9,11,13-15H2,1H3/t16-,23-/m1/s1. The van der Waals surface area contributed by atoms with Gasteiger partial charge in [-0.15, -0.1) is 11.8 Å². The molecule has 3 aromatic rings. The first kappa shape index (κ1) is 21.2. The first-order chi connectivity index (χ1) is 16.5.